The molecule has 0 saturated carbocycles. The Balaban J connectivity index is 2.21. The van der Waals surface area contributed by atoms with Crippen LogP contribution in [0.15, 0.2) is 28.1 Å². The number of methoxy groups -OCH3 is 1. The Kier molecular flexibility index (Phi) is 6.69. The molecule has 0 radical (unpaired) electrons. The van der Waals surface area contributed by atoms with Gasteiger partial charge >= 0.3 is 0 Å². The SMILES string of the molecule is COc1cc(C(=O)N(C)Cc2cc(Br)cs2)cc(Cl)c1OCC(N)=O. The first-order valence-electron chi connectivity index (χ1n) is 7.08. The molecule has 2 N–H and O–H groups in total. The molecular formula is C16H16BrClN2O4S. The van der Waals surface area contributed by atoms with E-state index < -0.39 is 5.91 Å². The Bertz CT molecular complexity index is 796. The molecule has 1 aromatic carbocycles. The van der Waals surface area contributed by atoms with E-state index in [1.807, 2.05) is 11.4 Å². The van der Waals surface area contributed by atoms with Crippen LogP contribution in [0.1, 0.15) is 15.2 Å². The fourth-order valence-electron chi connectivity index (χ4n) is 2.09. The number of thiophene rings is 1. The van der Waals surface area contributed by atoms with Gasteiger partial charge in [0.2, 0.25) is 0 Å². The summed E-state index contributed by atoms with van der Waals surface area (Å²) in [6.07, 6.45) is 0. The van der Waals surface area contributed by atoms with Crippen LogP contribution in [0.5, 0.6) is 11.5 Å². The molecule has 0 aliphatic rings. The number of amides is 2. The van der Waals surface area contributed by atoms with Gasteiger partial charge in [0.25, 0.3) is 11.8 Å². The average molecular weight is 448 g/mol. The molecule has 1 heterocycles. The summed E-state index contributed by atoms with van der Waals surface area (Å²) in [6, 6.07) is 4.96. The Morgan fingerprint density at radius 1 is 1.36 bits per heavy atom. The van der Waals surface area contributed by atoms with Crippen molar-refractivity contribution < 1.29 is 19.1 Å². The second-order valence-electron chi connectivity index (χ2n) is 5.14. The maximum atomic E-state index is 12.6. The van der Waals surface area contributed by atoms with Gasteiger partial charge in [-0.3, -0.25) is 9.59 Å². The lowest BCUT2D eigenvalue weighted by molar-refractivity contribution is -0.119. The highest BCUT2D eigenvalue weighted by molar-refractivity contribution is 9.10. The first-order valence-corrected chi connectivity index (χ1v) is 9.14. The minimum atomic E-state index is -0.639. The molecule has 0 saturated heterocycles. The van der Waals surface area contributed by atoms with Crippen LogP contribution in [0.25, 0.3) is 0 Å². The molecule has 2 aromatic rings. The van der Waals surface area contributed by atoms with Gasteiger partial charge in [-0.2, -0.15) is 0 Å². The van der Waals surface area contributed by atoms with Gasteiger partial charge in [-0.1, -0.05) is 11.6 Å². The van der Waals surface area contributed by atoms with E-state index in [2.05, 4.69) is 15.9 Å². The third kappa shape index (κ3) is 5.10. The molecule has 0 atom stereocenters. The summed E-state index contributed by atoms with van der Waals surface area (Å²) in [4.78, 5) is 26.1. The monoisotopic (exact) mass is 446 g/mol. The lowest BCUT2D eigenvalue weighted by Crippen LogP contribution is -2.26. The van der Waals surface area contributed by atoms with E-state index in [-0.39, 0.29) is 29.0 Å². The highest BCUT2D eigenvalue weighted by atomic mass is 79.9. The quantitative estimate of drug-likeness (QED) is 0.706. The van der Waals surface area contributed by atoms with Gasteiger partial charge in [0.1, 0.15) is 0 Å². The number of carbonyl (C=O) groups is 2. The topological polar surface area (TPSA) is 81.9 Å². The summed E-state index contributed by atoms with van der Waals surface area (Å²) in [5.41, 5.74) is 5.42. The van der Waals surface area contributed by atoms with Gasteiger partial charge in [-0.15, -0.1) is 11.3 Å². The van der Waals surface area contributed by atoms with E-state index in [0.29, 0.717) is 12.1 Å². The largest absolute Gasteiger partial charge is 0.493 e. The highest BCUT2D eigenvalue weighted by Crippen LogP contribution is 2.36. The van der Waals surface area contributed by atoms with Crippen molar-refractivity contribution >= 4 is 50.7 Å². The van der Waals surface area contributed by atoms with Crippen molar-refractivity contribution in [2.75, 3.05) is 20.8 Å². The lowest BCUT2D eigenvalue weighted by atomic mass is 10.1. The van der Waals surface area contributed by atoms with Gasteiger partial charge in [-0.25, -0.2) is 0 Å². The zero-order chi connectivity index (χ0) is 18.6. The van der Waals surface area contributed by atoms with E-state index in [4.69, 9.17) is 26.8 Å². The number of hydrogen-bond acceptors (Lipinski definition) is 5. The Labute approximate surface area is 162 Å². The number of primary amides is 1. The van der Waals surface area contributed by atoms with E-state index in [9.17, 15) is 9.59 Å². The standard InChI is InChI=1S/C16H16BrClN2O4S/c1-20(6-11-5-10(17)8-25-11)16(22)9-3-12(18)15(13(4-9)23-2)24-7-14(19)21/h3-5,8H,6-7H2,1-2H3,(H2,19,21). The second-order valence-corrected chi connectivity index (χ2v) is 7.46. The fraction of sp³-hybridized carbons (Fsp3) is 0.250. The number of halogens is 2. The van der Waals surface area contributed by atoms with Crippen molar-refractivity contribution in [3.05, 3.63) is 43.5 Å². The van der Waals surface area contributed by atoms with Crippen LogP contribution in [0.3, 0.4) is 0 Å². The van der Waals surface area contributed by atoms with E-state index in [1.54, 1.807) is 23.3 Å². The van der Waals surface area contributed by atoms with Crippen LogP contribution < -0.4 is 15.2 Å². The van der Waals surface area contributed by atoms with Crippen molar-refractivity contribution in [2.24, 2.45) is 5.73 Å². The second kappa shape index (κ2) is 8.55. The van der Waals surface area contributed by atoms with Crippen LogP contribution in [0, 0.1) is 0 Å². The molecule has 134 valence electrons. The van der Waals surface area contributed by atoms with Crippen molar-refractivity contribution in [3.63, 3.8) is 0 Å². The number of nitrogens with zero attached hydrogens (tertiary/aromatic N) is 1. The Morgan fingerprint density at radius 2 is 2.08 bits per heavy atom. The molecule has 6 nitrogen and oxygen atoms in total. The minimum Gasteiger partial charge on any atom is -0.493 e. The van der Waals surface area contributed by atoms with Crippen molar-refractivity contribution in [1.82, 2.24) is 4.90 Å². The molecule has 9 heteroatoms. The predicted octanol–water partition coefficient (Wildman–Crippen LogP) is 3.31. The number of nitrogens with two attached hydrogens (primary N) is 1. The summed E-state index contributed by atoms with van der Waals surface area (Å²) >= 11 is 11.1. The molecular weight excluding hydrogens is 432 g/mol. The van der Waals surface area contributed by atoms with E-state index in [0.717, 1.165) is 9.35 Å². The van der Waals surface area contributed by atoms with Gasteiger partial charge in [0, 0.05) is 27.3 Å². The van der Waals surface area contributed by atoms with Crippen LogP contribution in [0.2, 0.25) is 5.02 Å². The maximum absolute atomic E-state index is 12.6. The number of benzene rings is 1. The number of carbonyl (C=O) groups excluding carboxylic acids is 2. The summed E-state index contributed by atoms with van der Waals surface area (Å²) < 4.78 is 11.4. The van der Waals surface area contributed by atoms with Gasteiger partial charge < -0.3 is 20.1 Å². The van der Waals surface area contributed by atoms with Crippen LogP contribution in [0.4, 0.5) is 0 Å². The molecule has 2 rings (SSSR count). The van der Waals surface area contributed by atoms with Crippen LogP contribution in [-0.4, -0.2) is 37.5 Å². The molecule has 25 heavy (non-hydrogen) atoms. The molecule has 2 amide bonds. The zero-order valence-corrected chi connectivity index (χ0v) is 16.7. The third-order valence-corrected chi connectivity index (χ3v) is 5.16. The number of rotatable bonds is 7. The molecule has 0 bridgehead atoms. The van der Waals surface area contributed by atoms with E-state index in [1.165, 1.54) is 19.2 Å². The van der Waals surface area contributed by atoms with E-state index >= 15 is 0 Å². The highest BCUT2D eigenvalue weighted by Gasteiger charge is 2.19. The summed E-state index contributed by atoms with van der Waals surface area (Å²) in [6.45, 7) is 0.130. The number of ether oxygens (including phenoxy) is 2. The van der Waals surface area contributed by atoms with Gasteiger partial charge in [-0.05, 0) is 34.1 Å². The lowest BCUT2D eigenvalue weighted by Gasteiger charge is -2.18. The average Bonchev–Trinajstić information content (AvgIpc) is 2.96. The van der Waals surface area contributed by atoms with Gasteiger partial charge in [0.05, 0.1) is 18.7 Å². The molecule has 0 spiro atoms. The molecule has 1 aromatic heterocycles. The summed E-state index contributed by atoms with van der Waals surface area (Å²) in [5.74, 6) is -0.431. The first-order chi connectivity index (χ1) is 11.8. The van der Waals surface area contributed by atoms with Crippen LogP contribution >= 0.6 is 38.9 Å². The minimum absolute atomic E-state index is 0.163. The maximum Gasteiger partial charge on any atom is 0.255 e. The predicted molar refractivity (Wildman–Crippen MR) is 101 cm³/mol. The normalized spacial score (nSPS) is 10.4. The Hall–Kier alpha value is -1.77. The van der Waals surface area contributed by atoms with Crippen molar-refractivity contribution in [2.45, 2.75) is 6.54 Å². The third-order valence-electron chi connectivity index (χ3n) is 3.20. The first kappa shape index (κ1) is 19.6. The number of hydrogen-bond donors (Lipinski definition) is 1. The zero-order valence-electron chi connectivity index (χ0n) is 13.5. The summed E-state index contributed by atoms with van der Waals surface area (Å²) in [7, 11) is 3.12. The summed E-state index contributed by atoms with van der Waals surface area (Å²) in [5, 5.41) is 2.12. The molecule has 0 aliphatic carbocycles. The van der Waals surface area contributed by atoms with Crippen molar-refractivity contribution in [3.8, 4) is 11.5 Å². The van der Waals surface area contributed by atoms with Crippen molar-refractivity contribution in [1.29, 1.82) is 0 Å². The molecule has 0 unspecified atom stereocenters. The van der Waals surface area contributed by atoms with Crippen LogP contribution in [-0.2, 0) is 11.3 Å². The Morgan fingerprint density at radius 3 is 2.64 bits per heavy atom. The fourth-order valence-corrected chi connectivity index (χ4v) is 3.86. The molecule has 0 fully saturated rings. The molecule has 0 aliphatic heterocycles. The smallest absolute Gasteiger partial charge is 0.255 e. The van der Waals surface area contributed by atoms with Gasteiger partial charge in [0.15, 0.2) is 18.1 Å².